The normalized spacial score (nSPS) is 44.1. The highest BCUT2D eigenvalue weighted by Gasteiger charge is 2.34. The van der Waals surface area contributed by atoms with Gasteiger partial charge in [-0.15, -0.1) is 0 Å². The van der Waals surface area contributed by atoms with Crippen LogP contribution in [0.25, 0.3) is 0 Å². The predicted molar refractivity (Wildman–Crippen MR) is 61.3 cm³/mol. The molecule has 14 heavy (non-hydrogen) atoms. The van der Waals surface area contributed by atoms with Crippen molar-refractivity contribution < 1.29 is 0 Å². The van der Waals surface area contributed by atoms with E-state index in [-0.39, 0.29) is 0 Å². The van der Waals surface area contributed by atoms with E-state index in [1.54, 1.807) is 0 Å². The van der Waals surface area contributed by atoms with Crippen LogP contribution in [0, 0.1) is 17.8 Å². The van der Waals surface area contributed by atoms with Crippen molar-refractivity contribution in [2.24, 2.45) is 17.8 Å². The molecule has 0 aromatic heterocycles. The van der Waals surface area contributed by atoms with E-state index < -0.39 is 0 Å². The van der Waals surface area contributed by atoms with E-state index in [2.05, 4.69) is 19.3 Å². The number of nitrogens with one attached hydrogen (secondary N) is 1. The first-order valence-electron chi connectivity index (χ1n) is 6.48. The third kappa shape index (κ3) is 2.13. The van der Waals surface area contributed by atoms with Crippen molar-refractivity contribution in [3.63, 3.8) is 0 Å². The lowest BCUT2D eigenvalue weighted by Gasteiger charge is -2.33. The van der Waals surface area contributed by atoms with Crippen molar-refractivity contribution in [3.05, 3.63) is 0 Å². The quantitative estimate of drug-likeness (QED) is 0.713. The fourth-order valence-electron chi connectivity index (χ4n) is 3.63. The Bertz CT molecular complexity index is 170. The Hall–Kier alpha value is -0.0400. The first-order chi connectivity index (χ1) is 6.81. The van der Waals surface area contributed by atoms with Gasteiger partial charge in [0.1, 0.15) is 0 Å². The first-order valence-corrected chi connectivity index (χ1v) is 6.48. The Morgan fingerprint density at radius 2 is 1.64 bits per heavy atom. The Morgan fingerprint density at radius 3 is 2.29 bits per heavy atom. The van der Waals surface area contributed by atoms with E-state index in [0.717, 1.165) is 23.8 Å². The number of hydrogen-bond acceptors (Lipinski definition) is 1. The van der Waals surface area contributed by atoms with Crippen LogP contribution in [0.2, 0.25) is 0 Å². The van der Waals surface area contributed by atoms with Crippen LogP contribution >= 0.6 is 0 Å². The van der Waals surface area contributed by atoms with Gasteiger partial charge in [-0.05, 0) is 50.5 Å². The van der Waals surface area contributed by atoms with Gasteiger partial charge in [-0.25, -0.2) is 0 Å². The lowest BCUT2D eigenvalue weighted by atomic mass is 9.74. The Morgan fingerprint density at radius 1 is 0.929 bits per heavy atom. The van der Waals surface area contributed by atoms with E-state index in [9.17, 15) is 0 Å². The van der Waals surface area contributed by atoms with Crippen molar-refractivity contribution in [2.75, 3.05) is 7.05 Å². The SMILES string of the molecule is CNC1CCCC1C1CCC(C)CC1. The van der Waals surface area contributed by atoms with Crippen molar-refractivity contribution in [3.8, 4) is 0 Å². The molecule has 2 unspecified atom stereocenters. The van der Waals surface area contributed by atoms with Crippen molar-refractivity contribution >= 4 is 0 Å². The second kappa shape index (κ2) is 4.65. The van der Waals surface area contributed by atoms with Crippen LogP contribution in [-0.4, -0.2) is 13.1 Å². The lowest BCUT2D eigenvalue weighted by Crippen LogP contribution is -2.34. The minimum atomic E-state index is 0.841. The highest BCUT2D eigenvalue weighted by molar-refractivity contribution is 4.88. The zero-order chi connectivity index (χ0) is 9.97. The van der Waals surface area contributed by atoms with Gasteiger partial charge in [-0.3, -0.25) is 0 Å². The van der Waals surface area contributed by atoms with Crippen LogP contribution < -0.4 is 5.32 Å². The highest BCUT2D eigenvalue weighted by Crippen LogP contribution is 2.40. The molecule has 0 radical (unpaired) electrons. The van der Waals surface area contributed by atoms with Crippen LogP contribution in [0.3, 0.4) is 0 Å². The summed E-state index contributed by atoms with van der Waals surface area (Å²) in [6.07, 6.45) is 10.4. The molecule has 0 heterocycles. The van der Waals surface area contributed by atoms with Gasteiger partial charge >= 0.3 is 0 Å². The van der Waals surface area contributed by atoms with Gasteiger partial charge in [0.2, 0.25) is 0 Å². The Labute approximate surface area is 88.7 Å². The molecule has 0 spiro atoms. The molecular formula is C13H25N. The van der Waals surface area contributed by atoms with Crippen LogP contribution in [0.4, 0.5) is 0 Å². The summed E-state index contributed by atoms with van der Waals surface area (Å²) in [5, 5.41) is 3.52. The van der Waals surface area contributed by atoms with E-state index in [4.69, 9.17) is 0 Å². The highest BCUT2D eigenvalue weighted by atomic mass is 14.9. The van der Waals surface area contributed by atoms with Crippen LogP contribution in [0.15, 0.2) is 0 Å². The number of hydrogen-bond donors (Lipinski definition) is 1. The van der Waals surface area contributed by atoms with Crippen molar-refractivity contribution in [1.82, 2.24) is 5.32 Å². The molecule has 2 aliphatic rings. The summed E-state index contributed by atoms with van der Waals surface area (Å²) in [6.45, 7) is 2.42. The summed E-state index contributed by atoms with van der Waals surface area (Å²) in [7, 11) is 2.15. The second-order valence-corrected chi connectivity index (χ2v) is 5.51. The van der Waals surface area contributed by atoms with Gasteiger partial charge in [-0.1, -0.05) is 26.2 Å². The first kappa shape index (κ1) is 10.5. The Kier molecular flexibility index (Phi) is 3.48. The smallest absolute Gasteiger partial charge is 0.00949 e. The largest absolute Gasteiger partial charge is 0.317 e. The number of rotatable bonds is 2. The lowest BCUT2D eigenvalue weighted by molar-refractivity contribution is 0.192. The van der Waals surface area contributed by atoms with Gasteiger partial charge in [0.15, 0.2) is 0 Å². The van der Waals surface area contributed by atoms with Gasteiger partial charge < -0.3 is 5.32 Å². The molecule has 82 valence electrons. The fraction of sp³-hybridized carbons (Fsp3) is 1.00. The maximum absolute atomic E-state index is 3.52. The molecule has 0 bridgehead atoms. The average molecular weight is 195 g/mol. The second-order valence-electron chi connectivity index (χ2n) is 5.51. The Balaban J connectivity index is 1.88. The molecule has 2 saturated carbocycles. The van der Waals surface area contributed by atoms with Crippen LogP contribution in [0.5, 0.6) is 0 Å². The average Bonchev–Trinajstić information content (AvgIpc) is 2.67. The summed E-state index contributed by atoms with van der Waals surface area (Å²) in [6, 6.07) is 0.841. The molecule has 1 N–H and O–H groups in total. The monoisotopic (exact) mass is 195 g/mol. The maximum Gasteiger partial charge on any atom is 0.00949 e. The summed E-state index contributed by atoms with van der Waals surface area (Å²) in [4.78, 5) is 0. The molecule has 2 rings (SSSR count). The standard InChI is InChI=1S/C13H25N/c1-10-6-8-11(9-7-10)12-4-3-5-13(12)14-2/h10-14H,3-9H2,1-2H3. The van der Waals surface area contributed by atoms with Crippen molar-refractivity contribution in [2.45, 2.75) is 57.9 Å². The molecule has 1 nitrogen and oxygen atoms in total. The van der Waals surface area contributed by atoms with E-state index in [0.29, 0.717) is 0 Å². The molecule has 2 aliphatic carbocycles. The van der Waals surface area contributed by atoms with Gasteiger partial charge in [0.05, 0.1) is 0 Å². The minimum absolute atomic E-state index is 0.841. The molecule has 0 aromatic rings. The van der Waals surface area contributed by atoms with Gasteiger partial charge in [-0.2, -0.15) is 0 Å². The summed E-state index contributed by atoms with van der Waals surface area (Å²) in [5.74, 6) is 3.05. The van der Waals surface area contributed by atoms with Crippen LogP contribution in [0.1, 0.15) is 51.9 Å². The van der Waals surface area contributed by atoms with E-state index in [1.165, 1.54) is 44.9 Å². The summed E-state index contributed by atoms with van der Waals surface area (Å²) in [5.41, 5.74) is 0. The topological polar surface area (TPSA) is 12.0 Å². The van der Waals surface area contributed by atoms with Gasteiger partial charge in [0.25, 0.3) is 0 Å². The maximum atomic E-state index is 3.52. The van der Waals surface area contributed by atoms with E-state index in [1.807, 2.05) is 0 Å². The third-order valence-corrected chi connectivity index (χ3v) is 4.61. The van der Waals surface area contributed by atoms with Gasteiger partial charge in [0, 0.05) is 6.04 Å². The van der Waals surface area contributed by atoms with Crippen molar-refractivity contribution in [1.29, 1.82) is 0 Å². The predicted octanol–water partition coefficient (Wildman–Crippen LogP) is 3.20. The molecule has 0 amide bonds. The molecule has 0 saturated heterocycles. The molecular weight excluding hydrogens is 170 g/mol. The van der Waals surface area contributed by atoms with E-state index >= 15 is 0 Å². The zero-order valence-electron chi connectivity index (χ0n) is 9.76. The molecule has 2 fully saturated rings. The summed E-state index contributed by atoms with van der Waals surface area (Å²) >= 11 is 0. The molecule has 2 atom stereocenters. The molecule has 0 aliphatic heterocycles. The minimum Gasteiger partial charge on any atom is -0.317 e. The third-order valence-electron chi connectivity index (χ3n) is 4.61. The summed E-state index contributed by atoms with van der Waals surface area (Å²) < 4.78 is 0. The van der Waals surface area contributed by atoms with Crippen LogP contribution in [-0.2, 0) is 0 Å². The molecule has 0 aromatic carbocycles. The molecule has 1 heteroatoms. The zero-order valence-corrected chi connectivity index (χ0v) is 9.76. The fourth-order valence-corrected chi connectivity index (χ4v) is 3.63.